The molecule has 0 atom stereocenters. The minimum absolute atomic E-state index is 0.0177. The topological polar surface area (TPSA) is 65.3 Å². The van der Waals surface area contributed by atoms with E-state index in [0.29, 0.717) is 11.4 Å². The number of nitro groups is 1. The molecule has 0 unspecified atom stereocenters. The molecule has 6 heteroatoms. The first-order valence-electron chi connectivity index (χ1n) is 5.12. The molecule has 0 spiro atoms. The van der Waals surface area contributed by atoms with Gasteiger partial charge in [-0.1, -0.05) is 12.1 Å². The lowest BCUT2D eigenvalue weighted by Crippen LogP contribution is -1.98. The van der Waals surface area contributed by atoms with Crippen LogP contribution in [0.5, 0.6) is 11.6 Å². The zero-order valence-corrected chi connectivity index (χ0v) is 11.6. The Bertz CT molecular complexity index is 602. The van der Waals surface area contributed by atoms with E-state index in [4.69, 9.17) is 4.74 Å². The van der Waals surface area contributed by atoms with Crippen LogP contribution < -0.4 is 4.74 Å². The van der Waals surface area contributed by atoms with Crippen molar-refractivity contribution in [2.45, 2.75) is 6.92 Å². The Kier molecular flexibility index (Phi) is 3.75. The molecule has 0 aliphatic carbocycles. The van der Waals surface area contributed by atoms with Crippen molar-refractivity contribution in [1.29, 1.82) is 0 Å². The minimum atomic E-state index is -0.502. The van der Waals surface area contributed by atoms with E-state index in [-0.39, 0.29) is 11.6 Å². The number of para-hydroxylation sites is 1. The first-order chi connectivity index (χ1) is 8.58. The summed E-state index contributed by atoms with van der Waals surface area (Å²) in [4.78, 5) is 14.5. The molecule has 5 nitrogen and oxygen atoms in total. The van der Waals surface area contributed by atoms with Gasteiger partial charge in [-0.25, -0.2) is 4.98 Å². The molecule has 2 aromatic rings. The highest BCUT2D eigenvalue weighted by Crippen LogP contribution is 2.31. The maximum absolute atomic E-state index is 10.9. The number of nitrogens with zero attached hydrogens (tertiary/aromatic N) is 2. The Hall–Kier alpha value is -1.70. The lowest BCUT2D eigenvalue weighted by atomic mass is 10.3. The fourth-order valence-corrected chi connectivity index (χ4v) is 1.87. The van der Waals surface area contributed by atoms with Gasteiger partial charge in [0.1, 0.15) is 5.75 Å². The zero-order valence-electron chi connectivity index (χ0n) is 9.46. The summed E-state index contributed by atoms with van der Waals surface area (Å²) in [7, 11) is 0. The molecule has 0 radical (unpaired) electrons. The molecular weight excluding hydrogens is 347 g/mol. The molecule has 1 aromatic heterocycles. The minimum Gasteiger partial charge on any atom is -0.433 e. The van der Waals surface area contributed by atoms with Gasteiger partial charge in [-0.15, -0.1) is 0 Å². The van der Waals surface area contributed by atoms with Crippen LogP contribution in [0.2, 0.25) is 0 Å². The molecule has 92 valence electrons. The molecule has 2 rings (SSSR count). The lowest BCUT2D eigenvalue weighted by molar-refractivity contribution is -0.386. The van der Waals surface area contributed by atoms with Crippen molar-refractivity contribution in [1.82, 2.24) is 4.98 Å². The highest BCUT2D eigenvalue weighted by atomic mass is 127. The van der Waals surface area contributed by atoms with E-state index >= 15 is 0 Å². The molecule has 0 bridgehead atoms. The van der Waals surface area contributed by atoms with Crippen LogP contribution in [-0.4, -0.2) is 9.91 Å². The van der Waals surface area contributed by atoms with Crippen LogP contribution in [0.25, 0.3) is 0 Å². The van der Waals surface area contributed by atoms with E-state index in [0.717, 1.165) is 3.57 Å². The molecule has 18 heavy (non-hydrogen) atoms. The monoisotopic (exact) mass is 356 g/mol. The third-order valence-corrected chi connectivity index (χ3v) is 3.11. The second-order valence-electron chi connectivity index (χ2n) is 3.57. The molecule has 0 aliphatic rings. The van der Waals surface area contributed by atoms with Gasteiger partial charge < -0.3 is 4.74 Å². The molecule has 1 aromatic carbocycles. The summed E-state index contributed by atoms with van der Waals surface area (Å²) < 4.78 is 6.39. The molecule has 0 fully saturated rings. The highest BCUT2D eigenvalue weighted by Gasteiger charge is 2.18. The number of ether oxygens (including phenoxy) is 1. The van der Waals surface area contributed by atoms with Gasteiger partial charge in [0.05, 0.1) is 8.49 Å². The van der Waals surface area contributed by atoms with E-state index < -0.39 is 4.92 Å². The second-order valence-corrected chi connectivity index (χ2v) is 4.73. The Morgan fingerprint density at radius 3 is 2.67 bits per heavy atom. The van der Waals surface area contributed by atoms with Gasteiger partial charge in [-0.2, -0.15) is 0 Å². The highest BCUT2D eigenvalue weighted by molar-refractivity contribution is 14.1. The van der Waals surface area contributed by atoms with E-state index in [1.807, 2.05) is 12.1 Å². The summed E-state index contributed by atoms with van der Waals surface area (Å²) in [6.07, 6.45) is 0. The number of aromatic nitrogens is 1. The number of rotatable bonds is 3. The Morgan fingerprint density at radius 2 is 2.00 bits per heavy atom. The normalized spacial score (nSPS) is 10.1. The third kappa shape index (κ3) is 2.76. The maximum atomic E-state index is 10.9. The number of hydrogen-bond donors (Lipinski definition) is 0. The van der Waals surface area contributed by atoms with Crippen molar-refractivity contribution in [2.75, 3.05) is 0 Å². The molecule has 0 N–H and O–H groups in total. The molecular formula is C12H9IN2O3. The Labute approximate surface area is 117 Å². The largest absolute Gasteiger partial charge is 0.433 e. The zero-order chi connectivity index (χ0) is 13.1. The first-order valence-corrected chi connectivity index (χ1v) is 6.20. The Balaban J connectivity index is 2.42. The fourth-order valence-electron chi connectivity index (χ4n) is 1.37. The van der Waals surface area contributed by atoms with E-state index in [9.17, 15) is 10.1 Å². The lowest BCUT2D eigenvalue weighted by Gasteiger charge is -2.07. The van der Waals surface area contributed by atoms with Crippen molar-refractivity contribution >= 4 is 28.3 Å². The van der Waals surface area contributed by atoms with Crippen molar-refractivity contribution in [3.63, 3.8) is 0 Å². The van der Waals surface area contributed by atoms with Crippen LogP contribution in [0.1, 0.15) is 5.69 Å². The second kappa shape index (κ2) is 5.30. The van der Waals surface area contributed by atoms with Crippen LogP contribution in [-0.2, 0) is 0 Å². The smallest absolute Gasteiger partial charge is 0.331 e. The molecule has 1 heterocycles. The fraction of sp³-hybridized carbons (Fsp3) is 0.0833. The van der Waals surface area contributed by atoms with Crippen LogP contribution in [0, 0.1) is 20.6 Å². The van der Waals surface area contributed by atoms with Crippen LogP contribution in [0.15, 0.2) is 36.4 Å². The summed E-state index contributed by atoms with van der Waals surface area (Å²) in [6, 6.07) is 10.3. The molecule has 0 amide bonds. The Morgan fingerprint density at radius 1 is 1.28 bits per heavy atom. The predicted octanol–water partition coefficient (Wildman–Crippen LogP) is 3.70. The van der Waals surface area contributed by atoms with Gasteiger partial charge in [0.15, 0.2) is 0 Å². The number of pyridine rings is 1. The summed E-state index contributed by atoms with van der Waals surface area (Å²) in [5.41, 5.74) is 0.529. The van der Waals surface area contributed by atoms with Gasteiger partial charge in [0, 0.05) is 11.8 Å². The maximum Gasteiger partial charge on any atom is 0.331 e. The standard InChI is InChI=1S/C12H9IN2O3/c1-8-6-7-10(15(16)17)12(14-8)18-11-5-3-2-4-9(11)13/h2-7H,1H3. The summed E-state index contributed by atoms with van der Waals surface area (Å²) in [5.74, 6) is 0.573. The predicted molar refractivity (Wildman–Crippen MR) is 74.9 cm³/mol. The summed E-state index contributed by atoms with van der Waals surface area (Å²) in [6.45, 7) is 1.76. The molecule has 0 saturated heterocycles. The number of benzene rings is 1. The number of hydrogen-bond acceptors (Lipinski definition) is 4. The SMILES string of the molecule is Cc1ccc([N+](=O)[O-])c(Oc2ccccc2I)n1. The van der Waals surface area contributed by atoms with Gasteiger partial charge in [-0.3, -0.25) is 10.1 Å². The van der Waals surface area contributed by atoms with E-state index in [1.54, 1.807) is 25.1 Å². The quantitative estimate of drug-likeness (QED) is 0.478. The van der Waals surface area contributed by atoms with Crippen molar-refractivity contribution < 1.29 is 9.66 Å². The van der Waals surface area contributed by atoms with Gasteiger partial charge in [-0.05, 0) is 47.7 Å². The molecule has 0 aliphatic heterocycles. The number of aryl methyl sites for hydroxylation is 1. The van der Waals surface area contributed by atoms with Gasteiger partial charge in [0.25, 0.3) is 5.88 Å². The van der Waals surface area contributed by atoms with E-state index in [1.165, 1.54) is 6.07 Å². The van der Waals surface area contributed by atoms with Crippen LogP contribution in [0.3, 0.4) is 0 Å². The van der Waals surface area contributed by atoms with Crippen LogP contribution >= 0.6 is 22.6 Å². The molecule has 0 saturated carbocycles. The third-order valence-electron chi connectivity index (χ3n) is 2.22. The summed E-state index contributed by atoms with van der Waals surface area (Å²) in [5, 5.41) is 10.9. The average molecular weight is 356 g/mol. The number of halogens is 1. The summed E-state index contributed by atoms with van der Waals surface area (Å²) >= 11 is 2.10. The first kappa shape index (κ1) is 12.7. The van der Waals surface area contributed by atoms with Crippen molar-refractivity contribution in [3.8, 4) is 11.6 Å². The van der Waals surface area contributed by atoms with Crippen molar-refractivity contribution in [2.24, 2.45) is 0 Å². The van der Waals surface area contributed by atoms with Crippen LogP contribution in [0.4, 0.5) is 5.69 Å². The van der Waals surface area contributed by atoms with Gasteiger partial charge >= 0.3 is 5.69 Å². The van der Waals surface area contributed by atoms with E-state index in [2.05, 4.69) is 27.6 Å². The average Bonchev–Trinajstić information content (AvgIpc) is 2.32. The van der Waals surface area contributed by atoms with Crippen molar-refractivity contribution in [3.05, 3.63) is 55.8 Å². The van der Waals surface area contributed by atoms with Gasteiger partial charge in [0.2, 0.25) is 0 Å².